The van der Waals surface area contributed by atoms with Crippen LogP contribution in [0.25, 0.3) is 0 Å². The summed E-state index contributed by atoms with van der Waals surface area (Å²) in [5, 5.41) is 2.91. The highest BCUT2D eigenvalue weighted by atomic mass is 16.2. The first-order valence-electron chi connectivity index (χ1n) is 7.13. The predicted octanol–water partition coefficient (Wildman–Crippen LogP) is 3.37. The molecule has 0 fully saturated rings. The van der Waals surface area contributed by atoms with Crippen LogP contribution in [0.1, 0.15) is 16.7 Å². The molecule has 0 atom stereocenters. The van der Waals surface area contributed by atoms with Gasteiger partial charge in [-0.15, -0.1) is 0 Å². The van der Waals surface area contributed by atoms with Gasteiger partial charge in [0.15, 0.2) is 0 Å². The number of rotatable bonds is 5. The highest BCUT2D eigenvalue weighted by molar-refractivity contribution is 5.92. The van der Waals surface area contributed by atoms with Crippen molar-refractivity contribution in [2.75, 3.05) is 18.9 Å². The van der Waals surface area contributed by atoms with Crippen LogP contribution in [-0.4, -0.2) is 24.4 Å². The van der Waals surface area contributed by atoms with Gasteiger partial charge in [-0.05, 0) is 38.6 Å². The average molecular weight is 282 g/mol. The number of aryl methyl sites for hydroxylation is 2. The summed E-state index contributed by atoms with van der Waals surface area (Å²) in [5.74, 6) is 0.00784. The zero-order valence-corrected chi connectivity index (χ0v) is 12.9. The summed E-state index contributed by atoms with van der Waals surface area (Å²) < 4.78 is 0. The molecule has 0 bridgehead atoms. The second kappa shape index (κ2) is 7.04. The summed E-state index contributed by atoms with van der Waals surface area (Å²) in [7, 11) is 1.95. The van der Waals surface area contributed by atoms with Gasteiger partial charge in [-0.1, -0.05) is 47.5 Å². The van der Waals surface area contributed by atoms with Crippen molar-refractivity contribution in [1.29, 1.82) is 0 Å². The molecule has 1 amide bonds. The minimum atomic E-state index is 0.00784. The van der Waals surface area contributed by atoms with Crippen LogP contribution in [0.5, 0.6) is 0 Å². The van der Waals surface area contributed by atoms with Crippen LogP contribution in [0.2, 0.25) is 0 Å². The smallest absolute Gasteiger partial charge is 0.238 e. The standard InChI is InChI=1S/C18H22N2O/c1-14-4-8-16(9-5-14)12-20(3)13-18(21)19-17-10-6-15(2)7-11-17/h4-11H,12-13H2,1-3H3,(H,19,21). The van der Waals surface area contributed by atoms with Crippen LogP contribution in [0.15, 0.2) is 48.5 Å². The maximum Gasteiger partial charge on any atom is 0.238 e. The average Bonchev–Trinajstić information content (AvgIpc) is 2.44. The third-order valence-corrected chi connectivity index (χ3v) is 3.32. The maximum atomic E-state index is 12.0. The van der Waals surface area contributed by atoms with Gasteiger partial charge in [0.25, 0.3) is 0 Å². The van der Waals surface area contributed by atoms with Crippen LogP contribution < -0.4 is 5.32 Å². The Balaban J connectivity index is 1.84. The van der Waals surface area contributed by atoms with Crippen molar-refractivity contribution < 1.29 is 4.79 Å². The Morgan fingerprint density at radius 1 is 0.952 bits per heavy atom. The molecule has 0 heterocycles. The topological polar surface area (TPSA) is 32.3 Å². The van der Waals surface area contributed by atoms with Crippen molar-refractivity contribution in [2.24, 2.45) is 0 Å². The van der Waals surface area contributed by atoms with Crippen LogP contribution >= 0.6 is 0 Å². The SMILES string of the molecule is Cc1ccc(CN(C)CC(=O)Nc2ccc(C)cc2)cc1. The third-order valence-electron chi connectivity index (χ3n) is 3.32. The Labute approximate surface area is 126 Å². The zero-order chi connectivity index (χ0) is 15.2. The number of nitrogens with one attached hydrogen (secondary N) is 1. The van der Waals surface area contributed by atoms with Gasteiger partial charge in [-0.2, -0.15) is 0 Å². The molecule has 21 heavy (non-hydrogen) atoms. The van der Waals surface area contributed by atoms with E-state index in [1.165, 1.54) is 16.7 Å². The van der Waals surface area contributed by atoms with E-state index in [0.29, 0.717) is 6.54 Å². The van der Waals surface area contributed by atoms with Crippen LogP contribution in [0.3, 0.4) is 0 Å². The second-order valence-electron chi connectivity index (χ2n) is 5.57. The van der Waals surface area contributed by atoms with E-state index in [1.54, 1.807) is 0 Å². The van der Waals surface area contributed by atoms with E-state index in [0.717, 1.165) is 12.2 Å². The summed E-state index contributed by atoms with van der Waals surface area (Å²) >= 11 is 0. The van der Waals surface area contributed by atoms with E-state index in [4.69, 9.17) is 0 Å². The molecule has 0 unspecified atom stereocenters. The number of hydrogen-bond donors (Lipinski definition) is 1. The lowest BCUT2D eigenvalue weighted by atomic mass is 10.1. The summed E-state index contributed by atoms with van der Waals surface area (Å²) in [6, 6.07) is 16.2. The fraction of sp³-hybridized carbons (Fsp3) is 0.278. The number of carbonyl (C=O) groups is 1. The molecule has 0 aliphatic rings. The fourth-order valence-electron chi connectivity index (χ4n) is 2.14. The first-order chi connectivity index (χ1) is 10.0. The van der Waals surface area contributed by atoms with Gasteiger partial charge < -0.3 is 5.32 Å². The minimum Gasteiger partial charge on any atom is -0.325 e. The van der Waals surface area contributed by atoms with Gasteiger partial charge in [0.1, 0.15) is 0 Å². The van der Waals surface area contributed by atoms with Gasteiger partial charge in [-0.3, -0.25) is 9.69 Å². The van der Waals surface area contributed by atoms with Gasteiger partial charge in [0, 0.05) is 12.2 Å². The monoisotopic (exact) mass is 282 g/mol. The molecule has 0 aliphatic carbocycles. The molecule has 110 valence electrons. The van der Waals surface area contributed by atoms with Gasteiger partial charge in [0.2, 0.25) is 5.91 Å². The Hall–Kier alpha value is -2.13. The predicted molar refractivity (Wildman–Crippen MR) is 87.3 cm³/mol. The molecule has 0 aliphatic heterocycles. The van der Waals surface area contributed by atoms with E-state index in [1.807, 2.05) is 43.1 Å². The molecule has 0 spiro atoms. The fourth-order valence-corrected chi connectivity index (χ4v) is 2.14. The van der Waals surface area contributed by atoms with E-state index in [2.05, 4.69) is 36.5 Å². The number of benzene rings is 2. The van der Waals surface area contributed by atoms with Crippen molar-refractivity contribution in [3.63, 3.8) is 0 Å². The number of nitrogens with zero attached hydrogens (tertiary/aromatic N) is 1. The molecule has 2 aromatic carbocycles. The summed E-state index contributed by atoms with van der Waals surface area (Å²) in [6.07, 6.45) is 0. The molecule has 2 rings (SSSR count). The van der Waals surface area contributed by atoms with Crippen molar-refractivity contribution >= 4 is 11.6 Å². The summed E-state index contributed by atoms with van der Waals surface area (Å²) in [5.41, 5.74) is 4.49. The molecule has 0 radical (unpaired) electrons. The van der Waals surface area contributed by atoms with Gasteiger partial charge in [0.05, 0.1) is 6.54 Å². The molecular weight excluding hydrogens is 260 g/mol. The van der Waals surface area contributed by atoms with Crippen molar-refractivity contribution in [2.45, 2.75) is 20.4 Å². The summed E-state index contributed by atoms with van der Waals surface area (Å²) in [6.45, 7) is 5.24. The molecule has 0 saturated heterocycles. The van der Waals surface area contributed by atoms with Crippen LogP contribution in [-0.2, 0) is 11.3 Å². The highest BCUT2D eigenvalue weighted by Gasteiger charge is 2.07. The Kier molecular flexibility index (Phi) is 5.12. The first kappa shape index (κ1) is 15.3. The lowest BCUT2D eigenvalue weighted by molar-refractivity contribution is -0.117. The number of likely N-dealkylation sites (N-methyl/N-ethyl adjacent to an activating group) is 1. The number of carbonyl (C=O) groups excluding carboxylic acids is 1. The molecule has 1 N–H and O–H groups in total. The Morgan fingerprint density at radius 3 is 2.05 bits per heavy atom. The normalized spacial score (nSPS) is 10.7. The lowest BCUT2D eigenvalue weighted by Crippen LogP contribution is -2.29. The number of hydrogen-bond acceptors (Lipinski definition) is 2. The molecule has 0 saturated carbocycles. The number of anilines is 1. The van der Waals surface area contributed by atoms with E-state index in [-0.39, 0.29) is 5.91 Å². The lowest BCUT2D eigenvalue weighted by Gasteiger charge is -2.16. The van der Waals surface area contributed by atoms with Crippen molar-refractivity contribution in [1.82, 2.24) is 4.90 Å². The van der Waals surface area contributed by atoms with Crippen LogP contribution in [0, 0.1) is 13.8 Å². The van der Waals surface area contributed by atoms with E-state index >= 15 is 0 Å². The van der Waals surface area contributed by atoms with Gasteiger partial charge in [-0.25, -0.2) is 0 Å². The molecular formula is C18H22N2O. The maximum absolute atomic E-state index is 12.0. The zero-order valence-electron chi connectivity index (χ0n) is 12.9. The summed E-state index contributed by atoms with van der Waals surface area (Å²) in [4.78, 5) is 14.0. The molecule has 0 aromatic heterocycles. The van der Waals surface area contributed by atoms with Crippen molar-refractivity contribution in [3.05, 3.63) is 65.2 Å². The van der Waals surface area contributed by atoms with Crippen molar-refractivity contribution in [3.8, 4) is 0 Å². The largest absolute Gasteiger partial charge is 0.325 e. The first-order valence-corrected chi connectivity index (χ1v) is 7.13. The highest BCUT2D eigenvalue weighted by Crippen LogP contribution is 2.09. The van der Waals surface area contributed by atoms with E-state index in [9.17, 15) is 4.79 Å². The second-order valence-corrected chi connectivity index (χ2v) is 5.57. The molecule has 2 aromatic rings. The quantitative estimate of drug-likeness (QED) is 0.912. The Bertz CT molecular complexity index is 588. The minimum absolute atomic E-state index is 0.00784. The number of amides is 1. The van der Waals surface area contributed by atoms with Crippen LogP contribution in [0.4, 0.5) is 5.69 Å². The Morgan fingerprint density at radius 2 is 1.48 bits per heavy atom. The van der Waals surface area contributed by atoms with E-state index < -0.39 is 0 Å². The third kappa shape index (κ3) is 5.04. The molecule has 3 heteroatoms. The van der Waals surface area contributed by atoms with Gasteiger partial charge >= 0.3 is 0 Å². The molecule has 3 nitrogen and oxygen atoms in total.